The van der Waals surface area contributed by atoms with E-state index in [4.69, 9.17) is 21.7 Å². The Kier molecular flexibility index (Phi) is 9.18. The highest BCUT2D eigenvalue weighted by atomic mass is 32.1. The van der Waals surface area contributed by atoms with Crippen LogP contribution in [0.1, 0.15) is 24.2 Å². The van der Waals surface area contributed by atoms with E-state index in [-0.39, 0.29) is 35.2 Å². The quantitative estimate of drug-likeness (QED) is 0.239. The lowest BCUT2D eigenvalue weighted by atomic mass is 10.1. The number of benzene rings is 2. The highest BCUT2D eigenvalue weighted by Gasteiger charge is 2.45. The van der Waals surface area contributed by atoms with Gasteiger partial charge in [-0.1, -0.05) is 0 Å². The van der Waals surface area contributed by atoms with Gasteiger partial charge in [0.15, 0.2) is 10.8 Å². The van der Waals surface area contributed by atoms with Crippen molar-refractivity contribution < 1.29 is 45.4 Å². The van der Waals surface area contributed by atoms with E-state index in [1.807, 2.05) is 0 Å². The second-order valence-corrected chi connectivity index (χ2v) is 9.70. The fourth-order valence-corrected chi connectivity index (χ4v) is 4.88. The molecule has 1 atom stereocenters. The Morgan fingerprint density at radius 3 is 2.05 bits per heavy atom. The number of ether oxygens (including phenoxy) is 2. The van der Waals surface area contributed by atoms with Crippen LogP contribution in [0, 0.1) is 0 Å². The topological polar surface area (TPSA) is 88.9 Å². The highest BCUT2D eigenvalue weighted by Crippen LogP contribution is 2.35. The van der Waals surface area contributed by atoms with Crippen molar-refractivity contribution in [1.82, 2.24) is 14.7 Å². The van der Waals surface area contributed by atoms with Crippen LogP contribution in [0.25, 0.3) is 0 Å². The summed E-state index contributed by atoms with van der Waals surface area (Å²) in [6.45, 7) is -0.720. The van der Waals surface area contributed by atoms with Gasteiger partial charge in [-0.15, -0.1) is 0 Å². The van der Waals surface area contributed by atoms with Crippen molar-refractivity contribution in [1.29, 1.82) is 0 Å². The maximum absolute atomic E-state index is 13.6. The van der Waals surface area contributed by atoms with E-state index in [0.717, 1.165) is 0 Å². The van der Waals surface area contributed by atoms with Crippen molar-refractivity contribution in [2.24, 2.45) is 0 Å². The molecule has 230 valence electrons. The maximum atomic E-state index is 13.6. The largest absolute Gasteiger partial charge is 0.497 e. The minimum atomic E-state index is -5.08. The van der Waals surface area contributed by atoms with Gasteiger partial charge in [-0.3, -0.25) is 19.2 Å². The number of carbonyl (C=O) groups is 2. The summed E-state index contributed by atoms with van der Waals surface area (Å²) >= 11 is 5.54. The number of hydrogen-bond acceptors (Lipinski definition) is 6. The minimum Gasteiger partial charge on any atom is -0.497 e. The molecule has 0 saturated carbocycles. The second kappa shape index (κ2) is 12.5. The number of thiocarbonyl (C=S) groups is 1. The van der Waals surface area contributed by atoms with Crippen LogP contribution in [0.2, 0.25) is 0 Å². The fourth-order valence-electron chi connectivity index (χ4n) is 4.46. The standard InChI is InChI=1S/C27H25F6N5O4S/c1-41-18-8-4-16(5-9-18)34-23(39)14-20-24(40)38(17-6-10-19(42-2)11-7-17)25(43)36(20)12-3-13-37-22(27(31,32)33)15-21(35-37)26(28,29)30/h4-11,15,20H,3,12-14H2,1-2H3,(H,34,39)/t20-/m1/s1. The molecule has 9 nitrogen and oxygen atoms in total. The van der Waals surface area contributed by atoms with E-state index in [2.05, 4.69) is 10.4 Å². The number of anilines is 2. The fraction of sp³-hybridized carbons (Fsp3) is 0.333. The summed E-state index contributed by atoms with van der Waals surface area (Å²) in [6.07, 6.45) is -10.7. The van der Waals surface area contributed by atoms with Gasteiger partial charge in [0.25, 0.3) is 5.91 Å². The summed E-state index contributed by atoms with van der Waals surface area (Å²) in [4.78, 5) is 29.1. The summed E-state index contributed by atoms with van der Waals surface area (Å²) in [5, 5.41) is 5.76. The monoisotopic (exact) mass is 629 g/mol. The van der Waals surface area contributed by atoms with Crippen molar-refractivity contribution in [2.75, 3.05) is 31.0 Å². The first-order valence-electron chi connectivity index (χ1n) is 12.7. The number of methoxy groups -OCH3 is 2. The van der Waals surface area contributed by atoms with Crippen LogP contribution in [0.5, 0.6) is 11.5 Å². The molecule has 1 aliphatic rings. The molecule has 2 aromatic carbocycles. The molecule has 3 aromatic rings. The average Bonchev–Trinajstić information content (AvgIpc) is 3.49. The van der Waals surface area contributed by atoms with Gasteiger partial charge in [0.1, 0.15) is 23.2 Å². The minimum absolute atomic E-state index is 0.0232. The zero-order valence-corrected chi connectivity index (χ0v) is 23.5. The van der Waals surface area contributed by atoms with Crippen LogP contribution in [0.15, 0.2) is 54.6 Å². The smallest absolute Gasteiger partial charge is 0.435 e. The normalized spacial score (nSPS) is 15.7. The molecule has 1 fully saturated rings. The van der Waals surface area contributed by atoms with Gasteiger partial charge in [0, 0.05) is 24.8 Å². The summed E-state index contributed by atoms with van der Waals surface area (Å²) < 4.78 is 90.0. The Hall–Kier alpha value is -4.34. The summed E-state index contributed by atoms with van der Waals surface area (Å²) in [7, 11) is 2.94. The summed E-state index contributed by atoms with van der Waals surface area (Å²) in [5.41, 5.74) is -2.45. The Balaban J connectivity index is 1.55. The lowest BCUT2D eigenvalue weighted by Crippen LogP contribution is -2.39. The second-order valence-electron chi connectivity index (χ2n) is 9.33. The van der Waals surface area contributed by atoms with Gasteiger partial charge in [-0.25, -0.2) is 0 Å². The predicted octanol–water partition coefficient (Wildman–Crippen LogP) is 5.36. The molecule has 0 radical (unpaired) electrons. The van der Waals surface area contributed by atoms with Crippen LogP contribution in [0.4, 0.5) is 37.7 Å². The zero-order valence-electron chi connectivity index (χ0n) is 22.7. The number of rotatable bonds is 10. The maximum Gasteiger partial charge on any atom is 0.435 e. The molecule has 2 heterocycles. The molecule has 0 unspecified atom stereocenters. The average molecular weight is 630 g/mol. The predicted molar refractivity (Wildman–Crippen MR) is 147 cm³/mol. The van der Waals surface area contributed by atoms with E-state index >= 15 is 0 Å². The van der Waals surface area contributed by atoms with Crippen molar-refractivity contribution in [2.45, 2.75) is 37.8 Å². The van der Waals surface area contributed by atoms with Gasteiger partial charge in [0.05, 0.1) is 26.3 Å². The molecule has 1 aliphatic heterocycles. The molecule has 1 aromatic heterocycles. The van der Waals surface area contributed by atoms with Crippen LogP contribution in [-0.4, -0.2) is 58.4 Å². The molecule has 16 heteroatoms. The molecular formula is C27H25F6N5O4S. The molecule has 4 rings (SSSR count). The van der Waals surface area contributed by atoms with E-state index in [1.54, 1.807) is 48.5 Å². The van der Waals surface area contributed by atoms with Crippen LogP contribution < -0.4 is 19.7 Å². The van der Waals surface area contributed by atoms with Crippen LogP contribution >= 0.6 is 12.2 Å². The molecular weight excluding hydrogens is 604 g/mol. The summed E-state index contributed by atoms with van der Waals surface area (Å²) in [6, 6.07) is 11.6. The van der Waals surface area contributed by atoms with Crippen molar-refractivity contribution in [3.05, 3.63) is 66.0 Å². The molecule has 1 saturated heterocycles. The first-order chi connectivity index (χ1) is 20.2. The number of aromatic nitrogens is 2. The Morgan fingerprint density at radius 1 is 0.930 bits per heavy atom. The number of aryl methyl sites for hydroxylation is 1. The molecule has 43 heavy (non-hydrogen) atoms. The summed E-state index contributed by atoms with van der Waals surface area (Å²) in [5.74, 6) is -0.0426. The number of amides is 2. The van der Waals surface area contributed by atoms with Gasteiger partial charge >= 0.3 is 12.4 Å². The molecule has 1 N–H and O–H groups in total. The number of halogens is 6. The lowest BCUT2D eigenvalue weighted by molar-refractivity contribution is -0.144. The van der Waals surface area contributed by atoms with Gasteiger partial charge in [-0.2, -0.15) is 31.4 Å². The third-order valence-corrected chi connectivity index (χ3v) is 6.95. The zero-order chi connectivity index (χ0) is 31.5. The van der Waals surface area contributed by atoms with Crippen molar-refractivity contribution >= 4 is 40.5 Å². The number of nitrogens with zero attached hydrogens (tertiary/aromatic N) is 4. The van der Waals surface area contributed by atoms with Gasteiger partial charge in [-0.05, 0) is 67.2 Å². The van der Waals surface area contributed by atoms with E-state index in [0.29, 0.717) is 22.9 Å². The van der Waals surface area contributed by atoms with E-state index in [9.17, 15) is 35.9 Å². The molecule has 2 amide bonds. The van der Waals surface area contributed by atoms with Gasteiger partial charge < -0.3 is 19.7 Å². The Morgan fingerprint density at radius 2 is 1.51 bits per heavy atom. The first-order valence-corrected chi connectivity index (χ1v) is 13.1. The molecule has 0 spiro atoms. The Bertz CT molecular complexity index is 1470. The SMILES string of the molecule is COc1ccc(NC(=O)C[C@@H]2C(=O)N(c3ccc(OC)cc3)C(=S)N2CCCn2nc(C(F)(F)F)cc2C(F)(F)F)cc1. The highest BCUT2D eigenvalue weighted by molar-refractivity contribution is 7.80. The molecule has 0 aliphatic carbocycles. The number of hydrogen-bond donors (Lipinski definition) is 1. The van der Waals surface area contributed by atoms with E-state index < -0.39 is 48.1 Å². The Labute approximate surface area is 246 Å². The molecule has 0 bridgehead atoms. The number of alkyl halides is 6. The third kappa shape index (κ3) is 7.18. The lowest BCUT2D eigenvalue weighted by Gasteiger charge is -2.24. The van der Waals surface area contributed by atoms with Crippen LogP contribution in [0.3, 0.4) is 0 Å². The third-order valence-electron chi connectivity index (χ3n) is 6.53. The first kappa shape index (κ1) is 31.6. The number of carbonyl (C=O) groups excluding carboxylic acids is 2. The van der Waals surface area contributed by atoms with E-state index in [1.165, 1.54) is 24.0 Å². The number of nitrogens with one attached hydrogen (secondary N) is 1. The van der Waals surface area contributed by atoms with Crippen LogP contribution in [-0.2, 0) is 28.5 Å². The van der Waals surface area contributed by atoms with Gasteiger partial charge in [0.2, 0.25) is 5.91 Å². The van der Waals surface area contributed by atoms with Crippen molar-refractivity contribution in [3.63, 3.8) is 0 Å². The van der Waals surface area contributed by atoms with Crippen molar-refractivity contribution in [3.8, 4) is 11.5 Å².